The van der Waals surface area contributed by atoms with E-state index in [-0.39, 0.29) is 12.0 Å². The lowest BCUT2D eigenvalue weighted by Gasteiger charge is -2.22. The normalized spacial score (nSPS) is 16.6. The lowest BCUT2D eigenvalue weighted by Crippen LogP contribution is -2.19. The van der Waals surface area contributed by atoms with E-state index in [9.17, 15) is 4.57 Å². The van der Waals surface area contributed by atoms with Gasteiger partial charge in [-0.3, -0.25) is 4.52 Å². The van der Waals surface area contributed by atoms with Crippen molar-refractivity contribution in [1.29, 1.82) is 0 Å². The molecule has 0 aromatic rings. The van der Waals surface area contributed by atoms with E-state index in [1.165, 1.54) is 0 Å². The molecule has 0 aromatic heterocycles. The summed E-state index contributed by atoms with van der Waals surface area (Å²) >= 11 is 0. The predicted octanol–water partition coefficient (Wildman–Crippen LogP) is 2.70. The molecule has 5 heteroatoms. The van der Waals surface area contributed by atoms with Gasteiger partial charge in [-0.2, -0.15) is 0 Å². The summed E-state index contributed by atoms with van der Waals surface area (Å²) in [5.74, 6) is 0.238. The van der Waals surface area contributed by atoms with Crippen LogP contribution in [0.2, 0.25) is 0 Å². The van der Waals surface area contributed by atoms with E-state index in [1.807, 2.05) is 6.92 Å². The second-order valence-corrected chi connectivity index (χ2v) is 4.80. The van der Waals surface area contributed by atoms with Crippen molar-refractivity contribution in [3.8, 4) is 0 Å². The van der Waals surface area contributed by atoms with Crippen LogP contribution in [0.4, 0.5) is 0 Å². The van der Waals surface area contributed by atoms with E-state index in [1.54, 1.807) is 6.92 Å². The average Bonchev–Trinajstić information content (AvgIpc) is 2.02. The lowest BCUT2D eigenvalue weighted by atomic mass is 9.95. The third-order valence-electron chi connectivity index (χ3n) is 2.42. The molecule has 86 valence electrons. The third kappa shape index (κ3) is 6.55. The van der Waals surface area contributed by atoms with E-state index in [0.29, 0.717) is 0 Å². The van der Waals surface area contributed by atoms with Gasteiger partial charge in [0.05, 0.1) is 6.10 Å². The highest BCUT2D eigenvalue weighted by atomic mass is 31.2. The first-order valence-electron chi connectivity index (χ1n) is 5.14. The van der Waals surface area contributed by atoms with Crippen LogP contribution >= 0.6 is 7.82 Å². The quantitative estimate of drug-likeness (QED) is 0.652. The van der Waals surface area contributed by atoms with Gasteiger partial charge in [-0.05, 0) is 19.3 Å². The van der Waals surface area contributed by atoms with Gasteiger partial charge >= 0.3 is 7.82 Å². The Balaban J connectivity index is 4.03. The van der Waals surface area contributed by atoms with Crippen LogP contribution in [0.25, 0.3) is 0 Å². The van der Waals surface area contributed by atoms with Gasteiger partial charge in [-0.25, -0.2) is 4.57 Å². The van der Waals surface area contributed by atoms with Crippen LogP contribution in [-0.4, -0.2) is 15.9 Å². The number of phosphoric acid groups is 1. The van der Waals surface area contributed by atoms with Crippen LogP contribution in [0.5, 0.6) is 0 Å². The number of hydrogen-bond donors (Lipinski definition) is 2. The molecule has 0 aromatic carbocycles. The van der Waals surface area contributed by atoms with Crippen LogP contribution in [-0.2, 0) is 9.09 Å². The van der Waals surface area contributed by atoms with Gasteiger partial charge in [-0.1, -0.05) is 33.1 Å². The Labute approximate surface area is 85.9 Å². The van der Waals surface area contributed by atoms with E-state index < -0.39 is 7.82 Å². The number of hydrogen-bond acceptors (Lipinski definition) is 2. The zero-order valence-corrected chi connectivity index (χ0v) is 10.0. The fourth-order valence-electron chi connectivity index (χ4n) is 1.54. The van der Waals surface area contributed by atoms with Crippen molar-refractivity contribution in [3.63, 3.8) is 0 Å². The van der Waals surface area contributed by atoms with Crippen molar-refractivity contribution < 1.29 is 18.9 Å². The highest BCUT2D eigenvalue weighted by Crippen LogP contribution is 2.40. The molecule has 0 aliphatic heterocycles. The monoisotopic (exact) mass is 224 g/mol. The maximum atomic E-state index is 10.6. The topological polar surface area (TPSA) is 66.8 Å². The zero-order chi connectivity index (χ0) is 11.2. The molecule has 0 fully saturated rings. The number of rotatable bonds is 7. The Morgan fingerprint density at radius 2 is 1.93 bits per heavy atom. The molecule has 0 rings (SSSR count). The van der Waals surface area contributed by atoms with Crippen molar-refractivity contribution in [2.75, 3.05) is 0 Å². The highest BCUT2D eigenvalue weighted by Gasteiger charge is 2.24. The first-order chi connectivity index (χ1) is 6.40. The molecule has 2 N–H and O–H groups in total. The largest absolute Gasteiger partial charge is 0.469 e. The molecular weight excluding hydrogens is 203 g/mol. The fourth-order valence-corrected chi connectivity index (χ4v) is 2.15. The van der Waals surface area contributed by atoms with E-state index >= 15 is 0 Å². The second-order valence-electron chi connectivity index (χ2n) is 3.61. The Hall–Kier alpha value is 0.110. The van der Waals surface area contributed by atoms with Crippen LogP contribution in [0.15, 0.2) is 0 Å². The highest BCUT2D eigenvalue weighted by molar-refractivity contribution is 7.46. The van der Waals surface area contributed by atoms with Crippen LogP contribution < -0.4 is 0 Å². The molecule has 0 bridgehead atoms. The molecule has 0 saturated heterocycles. The molecule has 2 unspecified atom stereocenters. The van der Waals surface area contributed by atoms with E-state index in [0.717, 1.165) is 25.7 Å². The van der Waals surface area contributed by atoms with Gasteiger partial charge in [0.2, 0.25) is 0 Å². The summed E-state index contributed by atoms with van der Waals surface area (Å²) in [5.41, 5.74) is 0. The van der Waals surface area contributed by atoms with E-state index in [4.69, 9.17) is 9.79 Å². The molecule has 0 heterocycles. The zero-order valence-electron chi connectivity index (χ0n) is 9.14. The Bertz CT molecular complexity index is 189. The molecule has 2 atom stereocenters. The van der Waals surface area contributed by atoms with Crippen molar-refractivity contribution >= 4 is 7.82 Å². The Kier molecular flexibility index (Phi) is 6.62. The summed E-state index contributed by atoms with van der Waals surface area (Å²) in [6.07, 6.45) is 3.66. The molecule has 0 aliphatic rings. The van der Waals surface area contributed by atoms with Crippen LogP contribution in [0.1, 0.15) is 46.5 Å². The van der Waals surface area contributed by atoms with Gasteiger partial charge in [0.1, 0.15) is 0 Å². The molecule has 14 heavy (non-hydrogen) atoms. The molecule has 4 nitrogen and oxygen atoms in total. The molecule has 0 radical (unpaired) electrons. The molecule has 0 saturated carbocycles. The molecule has 0 aliphatic carbocycles. The van der Waals surface area contributed by atoms with Crippen molar-refractivity contribution in [3.05, 3.63) is 0 Å². The SMILES string of the molecule is CCCCC(CC)C(C)OP(=O)(O)O. The van der Waals surface area contributed by atoms with Crippen LogP contribution in [0.3, 0.4) is 0 Å². The Morgan fingerprint density at radius 1 is 1.36 bits per heavy atom. The maximum Gasteiger partial charge on any atom is 0.469 e. The van der Waals surface area contributed by atoms with Crippen molar-refractivity contribution in [2.45, 2.75) is 52.6 Å². The summed E-state index contributed by atoms with van der Waals surface area (Å²) in [6, 6.07) is 0. The summed E-state index contributed by atoms with van der Waals surface area (Å²) in [6.45, 7) is 5.84. The first kappa shape index (κ1) is 14.1. The summed E-state index contributed by atoms with van der Waals surface area (Å²) in [5, 5.41) is 0. The number of unbranched alkanes of at least 4 members (excludes halogenated alkanes) is 1. The van der Waals surface area contributed by atoms with Crippen molar-refractivity contribution in [1.82, 2.24) is 0 Å². The summed E-state index contributed by atoms with van der Waals surface area (Å²) in [7, 11) is -4.32. The average molecular weight is 224 g/mol. The lowest BCUT2D eigenvalue weighted by molar-refractivity contribution is 0.0943. The standard InChI is InChI=1S/C9H21O4P/c1-4-6-7-9(5-2)8(3)13-14(10,11)12/h8-9H,4-7H2,1-3H3,(H2,10,11,12). The second kappa shape index (κ2) is 6.57. The van der Waals surface area contributed by atoms with E-state index in [2.05, 4.69) is 11.4 Å². The maximum absolute atomic E-state index is 10.6. The molecular formula is C9H21O4P. The smallest absolute Gasteiger partial charge is 0.303 e. The molecule has 0 amide bonds. The van der Waals surface area contributed by atoms with Gasteiger partial charge in [0.25, 0.3) is 0 Å². The van der Waals surface area contributed by atoms with Crippen LogP contribution in [0, 0.1) is 5.92 Å². The minimum atomic E-state index is -4.32. The van der Waals surface area contributed by atoms with Gasteiger partial charge < -0.3 is 9.79 Å². The number of phosphoric ester groups is 1. The first-order valence-corrected chi connectivity index (χ1v) is 6.67. The summed E-state index contributed by atoms with van der Waals surface area (Å²) < 4.78 is 15.3. The Morgan fingerprint density at radius 3 is 2.29 bits per heavy atom. The summed E-state index contributed by atoms with van der Waals surface area (Å²) in [4.78, 5) is 17.3. The minimum Gasteiger partial charge on any atom is -0.303 e. The van der Waals surface area contributed by atoms with Crippen molar-refractivity contribution in [2.24, 2.45) is 5.92 Å². The van der Waals surface area contributed by atoms with Gasteiger partial charge in [-0.15, -0.1) is 0 Å². The molecule has 0 spiro atoms. The fraction of sp³-hybridized carbons (Fsp3) is 1.00. The van der Waals surface area contributed by atoms with Gasteiger partial charge in [0, 0.05) is 0 Å². The van der Waals surface area contributed by atoms with Gasteiger partial charge in [0.15, 0.2) is 0 Å². The third-order valence-corrected chi connectivity index (χ3v) is 3.03. The predicted molar refractivity (Wildman–Crippen MR) is 55.9 cm³/mol. The minimum absolute atomic E-state index is 0.238.